The minimum absolute atomic E-state index is 0.200. The molecule has 0 aliphatic heterocycles. The van der Waals surface area contributed by atoms with E-state index < -0.39 is 16.1 Å². The van der Waals surface area contributed by atoms with Crippen LogP contribution >= 0.6 is 0 Å². The van der Waals surface area contributed by atoms with Gasteiger partial charge in [0.05, 0.1) is 10.9 Å². The highest BCUT2D eigenvalue weighted by Crippen LogP contribution is 2.18. The molecule has 4 N–H and O–H groups in total. The van der Waals surface area contributed by atoms with Gasteiger partial charge in [0.1, 0.15) is 12.2 Å². The highest BCUT2D eigenvalue weighted by molar-refractivity contribution is 7.89. The van der Waals surface area contributed by atoms with Gasteiger partial charge in [-0.1, -0.05) is 13.0 Å². The van der Waals surface area contributed by atoms with Gasteiger partial charge >= 0.3 is 0 Å². The fourth-order valence-electron chi connectivity index (χ4n) is 2.08. The van der Waals surface area contributed by atoms with Crippen molar-refractivity contribution in [1.82, 2.24) is 19.9 Å². The third-order valence-electron chi connectivity index (χ3n) is 3.26. The maximum atomic E-state index is 12.4. The van der Waals surface area contributed by atoms with Gasteiger partial charge in [0.2, 0.25) is 10.0 Å². The molecule has 2 rings (SSSR count). The van der Waals surface area contributed by atoms with E-state index in [-0.39, 0.29) is 4.90 Å². The van der Waals surface area contributed by atoms with E-state index >= 15 is 0 Å². The molecule has 0 radical (unpaired) electrons. The predicted octanol–water partition coefficient (Wildman–Crippen LogP) is 0.865. The molecule has 0 aliphatic carbocycles. The Bertz CT molecular complexity index is 697. The molecule has 1 aromatic carbocycles. The Kier molecular flexibility index (Phi) is 4.71. The summed E-state index contributed by atoms with van der Waals surface area (Å²) in [6.07, 6.45) is 2.15. The molecule has 0 fully saturated rings. The van der Waals surface area contributed by atoms with Crippen molar-refractivity contribution in [3.8, 4) is 0 Å². The molecule has 8 heteroatoms. The minimum atomic E-state index is -3.64. The third-order valence-corrected chi connectivity index (χ3v) is 4.80. The Balaban J connectivity index is 2.27. The lowest BCUT2D eigenvalue weighted by Gasteiger charge is -2.13. The molecule has 1 aromatic heterocycles. The molecule has 7 nitrogen and oxygen atoms in total. The zero-order chi connectivity index (χ0) is 15.5. The van der Waals surface area contributed by atoms with E-state index in [1.165, 1.54) is 6.33 Å². The van der Waals surface area contributed by atoms with Crippen LogP contribution in [0.1, 0.15) is 36.8 Å². The summed E-state index contributed by atoms with van der Waals surface area (Å²) in [6.45, 7) is 4.01. The Labute approximate surface area is 124 Å². The number of aromatic amines is 1. The van der Waals surface area contributed by atoms with Crippen molar-refractivity contribution in [2.75, 3.05) is 0 Å². The van der Waals surface area contributed by atoms with Crippen LogP contribution < -0.4 is 10.5 Å². The fourth-order valence-corrected chi connectivity index (χ4v) is 3.34. The van der Waals surface area contributed by atoms with Crippen molar-refractivity contribution in [3.63, 3.8) is 0 Å². The number of rotatable bonds is 6. The van der Waals surface area contributed by atoms with Gasteiger partial charge in [-0.2, -0.15) is 5.10 Å². The Morgan fingerprint density at radius 2 is 2.14 bits per heavy atom. The number of aryl methyl sites for hydroxylation is 1. The topological polar surface area (TPSA) is 114 Å². The monoisotopic (exact) mass is 309 g/mol. The first-order valence-corrected chi connectivity index (χ1v) is 8.15. The average Bonchev–Trinajstić information content (AvgIpc) is 3.00. The van der Waals surface area contributed by atoms with E-state index in [1.54, 1.807) is 25.1 Å². The first-order chi connectivity index (χ1) is 9.97. The summed E-state index contributed by atoms with van der Waals surface area (Å²) in [6, 6.07) is 4.52. The molecule has 21 heavy (non-hydrogen) atoms. The van der Waals surface area contributed by atoms with Crippen molar-refractivity contribution >= 4 is 10.0 Å². The first kappa shape index (κ1) is 15.6. The summed E-state index contributed by atoms with van der Waals surface area (Å²) in [5, 5.41) is 6.35. The molecule has 0 saturated heterocycles. The standard InChI is InChI=1S/C13H19N5O2S/c1-3-10-4-5-12(6-11(10)7-14)21(19,20)18-9(2)13-15-8-16-17-13/h4-6,8-9,18H,3,7,14H2,1-2H3,(H,15,16,17). The molecule has 0 spiro atoms. The van der Waals surface area contributed by atoms with Gasteiger partial charge in [-0.3, -0.25) is 5.10 Å². The molecule has 0 amide bonds. The van der Waals surface area contributed by atoms with E-state index in [9.17, 15) is 8.42 Å². The Morgan fingerprint density at radius 3 is 2.71 bits per heavy atom. The molecule has 2 aromatic rings. The van der Waals surface area contributed by atoms with Crippen LogP contribution in [0, 0.1) is 0 Å². The van der Waals surface area contributed by atoms with Gasteiger partial charge < -0.3 is 5.73 Å². The quantitative estimate of drug-likeness (QED) is 0.732. The van der Waals surface area contributed by atoms with E-state index in [1.807, 2.05) is 6.92 Å². The second kappa shape index (κ2) is 6.33. The summed E-state index contributed by atoms with van der Waals surface area (Å²) in [5.74, 6) is 0.461. The number of H-pyrrole nitrogens is 1. The lowest BCUT2D eigenvalue weighted by molar-refractivity contribution is 0.560. The summed E-state index contributed by atoms with van der Waals surface area (Å²) in [4.78, 5) is 4.14. The average molecular weight is 309 g/mol. The van der Waals surface area contributed by atoms with Crippen LogP contribution in [0.2, 0.25) is 0 Å². The molecule has 1 heterocycles. The number of benzene rings is 1. The van der Waals surface area contributed by atoms with Crippen molar-refractivity contribution in [2.24, 2.45) is 5.73 Å². The van der Waals surface area contributed by atoms with Crippen molar-refractivity contribution in [3.05, 3.63) is 41.5 Å². The van der Waals surface area contributed by atoms with Crippen LogP contribution in [0.25, 0.3) is 0 Å². The number of nitrogens with two attached hydrogens (primary N) is 1. The fraction of sp³-hybridized carbons (Fsp3) is 0.385. The molecule has 1 atom stereocenters. The van der Waals surface area contributed by atoms with Gasteiger partial charge in [-0.15, -0.1) is 0 Å². The highest BCUT2D eigenvalue weighted by Gasteiger charge is 2.20. The van der Waals surface area contributed by atoms with Crippen LogP contribution in [0.4, 0.5) is 0 Å². The number of sulfonamides is 1. The van der Waals surface area contributed by atoms with Crippen LogP contribution in [-0.4, -0.2) is 23.6 Å². The molecule has 1 unspecified atom stereocenters. The number of hydrogen-bond donors (Lipinski definition) is 3. The smallest absolute Gasteiger partial charge is 0.241 e. The van der Waals surface area contributed by atoms with Crippen LogP contribution in [0.3, 0.4) is 0 Å². The molecule has 0 saturated carbocycles. The number of aromatic nitrogens is 3. The maximum Gasteiger partial charge on any atom is 0.241 e. The Morgan fingerprint density at radius 1 is 1.38 bits per heavy atom. The van der Waals surface area contributed by atoms with E-state index in [0.717, 1.165) is 17.5 Å². The lowest BCUT2D eigenvalue weighted by atomic mass is 10.1. The van der Waals surface area contributed by atoms with Gasteiger partial charge in [0.15, 0.2) is 0 Å². The van der Waals surface area contributed by atoms with Crippen LogP contribution in [-0.2, 0) is 23.0 Å². The number of hydrogen-bond acceptors (Lipinski definition) is 5. The van der Waals surface area contributed by atoms with Crippen molar-refractivity contribution in [1.29, 1.82) is 0 Å². The summed E-state index contributed by atoms with van der Waals surface area (Å²) in [5.41, 5.74) is 7.57. The number of nitrogens with one attached hydrogen (secondary N) is 2. The summed E-state index contributed by atoms with van der Waals surface area (Å²) in [7, 11) is -3.64. The zero-order valence-corrected chi connectivity index (χ0v) is 12.8. The Hall–Kier alpha value is -1.77. The second-order valence-electron chi connectivity index (χ2n) is 4.70. The third kappa shape index (κ3) is 3.46. The normalized spacial score (nSPS) is 13.3. The largest absolute Gasteiger partial charge is 0.326 e. The van der Waals surface area contributed by atoms with Crippen LogP contribution in [0.15, 0.2) is 29.4 Å². The van der Waals surface area contributed by atoms with Crippen molar-refractivity contribution < 1.29 is 8.42 Å². The predicted molar refractivity (Wildman–Crippen MR) is 78.8 cm³/mol. The SMILES string of the molecule is CCc1ccc(S(=O)(=O)NC(C)c2ncn[nH]2)cc1CN. The molecule has 114 valence electrons. The first-order valence-electron chi connectivity index (χ1n) is 6.67. The highest BCUT2D eigenvalue weighted by atomic mass is 32.2. The van der Waals surface area contributed by atoms with E-state index in [0.29, 0.717) is 12.4 Å². The maximum absolute atomic E-state index is 12.4. The molecular formula is C13H19N5O2S. The second-order valence-corrected chi connectivity index (χ2v) is 6.42. The zero-order valence-electron chi connectivity index (χ0n) is 12.0. The minimum Gasteiger partial charge on any atom is -0.326 e. The van der Waals surface area contributed by atoms with E-state index in [4.69, 9.17) is 5.73 Å². The molecule has 0 aliphatic rings. The number of nitrogens with zero attached hydrogens (tertiary/aromatic N) is 2. The molecular weight excluding hydrogens is 290 g/mol. The van der Waals surface area contributed by atoms with Crippen LogP contribution in [0.5, 0.6) is 0 Å². The molecule has 0 bridgehead atoms. The van der Waals surface area contributed by atoms with Gasteiger partial charge in [0, 0.05) is 6.54 Å². The van der Waals surface area contributed by atoms with Gasteiger partial charge in [-0.05, 0) is 36.6 Å². The van der Waals surface area contributed by atoms with E-state index in [2.05, 4.69) is 19.9 Å². The van der Waals surface area contributed by atoms with Crippen molar-refractivity contribution in [2.45, 2.75) is 37.8 Å². The van der Waals surface area contributed by atoms with Gasteiger partial charge in [0.25, 0.3) is 0 Å². The van der Waals surface area contributed by atoms with Gasteiger partial charge in [-0.25, -0.2) is 18.1 Å². The summed E-state index contributed by atoms with van der Waals surface area (Å²) < 4.78 is 27.3. The lowest BCUT2D eigenvalue weighted by Crippen LogP contribution is -2.27. The summed E-state index contributed by atoms with van der Waals surface area (Å²) >= 11 is 0.